The second-order valence-electron chi connectivity index (χ2n) is 7.03. The Morgan fingerprint density at radius 1 is 1.23 bits per heavy atom. The topological polar surface area (TPSA) is 184 Å². The number of aliphatic hydroxyl groups excluding tert-OH is 2. The molecule has 1 aliphatic rings. The van der Waals surface area contributed by atoms with Crippen molar-refractivity contribution in [2.75, 3.05) is 25.1 Å². The summed E-state index contributed by atoms with van der Waals surface area (Å²) in [6.45, 7) is 3.99. The van der Waals surface area contributed by atoms with Crippen molar-refractivity contribution in [2.24, 2.45) is 0 Å². The number of hydrogen-bond acceptors (Lipinski definition) is 10. The first kappa shape index (κ1) is 22.8. The van der Waals surface area contributed by atoms with E-state index in [1.807, 2.05) is 6.92 Å². The van der Waals surface area contributed by atoms with Gasteiger partial charge in [0.15, 0.2) is 17.7 Å². The first-order valence-corrected chi connectivity index (χ1v) is 9.96. The molecule has 5 unspecified atom stereocenters. The lowest BCUT2D eigenvalue weighted by Crippen LogP contribution is -2.64. The number of amides is 2. The smallest absolute Gasteiger partial charge is 0.239 e. The van der Waals surface area contributed by atoms with E-state index < -0.39 is 36.5 Å². The van der Waals surface area contributed by atoms with Crippen LogP contribution in [0.1, 0.15) is 20.3 Å². The fourth-order valence-electron chi connectivity index (χ4n) is 3.21. The molecule has 13 heteroatoms. The molecule has 31 heavy (non-hydrogen) atoms. The average molecular weight is 437 g/mol. The fourth-order valence-corrected chi connectivity index (χ4v) is 3.21. The van der Waals surface area contributed by atoms with Crippen molar-refractivity contribution in [3.8, 4) is 0 Å². The zero-order chi connectivity index (χ0) is 22.4. The number of aromatic amines is 1. The predicted molar refractivity (Wildman–Crippen MR) is 108 cm³/mol. The number of hydrogen-bond donors (Lipinski definition) is 6. The zero-order valence-corrected chi connectivity index (χ0v) is 17.2. The number of H-pyrrole nitrogens is 1. The van der Waals surface area contributed by atoms with Gasteiger partial charge in [-0.15, -0.1) is 0 Å². The van der Waals surface area contributed by atoms with Crippen LogP contribution in [-0.4, -0.2) is 92.3 Å². The van der Waals surface area contributed by atoms with E-state index in [1.54, 1.807) is 6.92 Å². The van der Waals surface area contributed by atoms with Crippen LogP contribution in [0.5, 0.6) is 0 Å². The Balaban J connectivity index is 1.54. The SMILES string of the molecule is CCOCCC(=O)NCC(=O)NC1C(C)OC(Nc2ncnc3nc[nH]c23)C(O)C1O. The number of aliphatic hydroxyl groups is 2. The Morgan fingerprint density at radius 2 is 2.03 bits per heavy atom. The van der Waals surface area contributed by atoms with Crippen molar-refractivity contribution in [3.05, 3.63) is 12.7 Å². The molecular formula is C18H27N7O6. The molecule has 2 amide bonds. The number of carbonyl (C=O) groups is 2. The molecule has 1 saturated heterocycles. The summed E-state index contributed by atoms with van der Waals surface area (Å²) in [5.41, 5.74) is 0.959. The Kier molecular flexibility index (Phi) is 7.68. The number of aromatic nitrogens is 4. The van der Waals surface area contributed by atoms with E-state index in [0.29, 0.717) is 23.6 Å². The first-order chi connectivity index (χ1) is 14.9. The van der Waals surface area contributed by atoms with Gasteiger partial charge in [-0.1, -0.05) is 0 Å². The van der Waals surface area contributed by atoms with Gasteiger partial charge >= 0.3 is 0 Å². The molecule has 1 fully saturated rings. The third kappa shape index (κ3) is 5.64. The van der Waals surface area contributed by atoms with Crippen LogP contribution < -0.4 is 16.0 Å². The summed E-state index contributed by atoms with van der Waals surface area (Å²) in [6.07, 6.45) is -1.41. The van der Waals surface area contributed by atoms with Gasteiger partial charge in [-0.3, -0.25) is 9.59 Å². The standard InChI is InChI=1S/C18H27N7O6/c1-3-30-5-4-10(26)19-6-11(27)24-12-9(2)31-18(15(29)14(12)28)25-17-13-16(21-7-20-13)22-8-23-17/h7-9,12,14-15,18,28-29H,3-6H2,1-2H3,(H,19,26)(H,24,27)(H2,20,21,22,23,25). The van der Waals surface area contributed by atoms with Crippen molar-refractivity contribution in [3.63, 3.8) is 0 Å². The number of carbonyl (C=O) groups excluding carboxylic acids is 2. The summed E-state index contributed by atoms with van der Waals surface area (Å²) in [4.78, 5) is 38.9. The van der Waals surface area contributed by atoms with Gasteiger partial charge in [-0.05, 0) is 13.8 Å². The van der Waals surface area contributed by atoms with Crippen LogP contribution >= 0.6 is 0 Å². The third-order valence-electron chi connectivity index (χ3n) is 4.85. The van der Waals surface area contributed by atoms with Crippen molar-refractivity contribution in [1.29, 1.82) is 0 Å². The van der Waals surface area contributed by atoms with E-state index in [9.17, 15) is 19.8 Å². The molecule has 3 rings (SSSR count). The van der Waals surface area contributed by atoms with Crippen LogP contribution in [0, 0.1) is 0 Å². The van der Waals surface area contributed by atoms with Crippen LogP contribution in [0.2, 0.25) is 0 Å². The number of imidazole rings is 1. The van der Waals surface area contributed by atoms with Crippen molar-refractivity contribution in [2.45, 2.75) is 50.8 Å². The molecule has 1 aliphatic heterocycles. The van der Waals surface area contributed by atoms with Gasteiger partial charge in [-0.2, -0.15) is 0 Å². The quantitative estimate of drug-likeness (QED) is 0.246. The van der Waals surface area contributed by atoms with E-state index in [1.165, 1.54) is 12.7 Å². The van der Waals surface area contributed by atoms with Crippen molar-refractivity contribution < 1.29 is 29.3 Å². The molecule has 3 heterocycles. The molecule has 0 radical (unpaired) electrons. The lowest BCUT2D eigenvalue weighted by Gasteiger charge is -2.42. The van der Waals surface area contributed by atoms with Crippen LogP contribution in [0.25, 0.3) is 11.2 Å². The van der Waals surface area contributed by atoms with E-state index >= 15 is 0 Å². The van der Waals surface area contributed by atoms with Gasteiger partial charge in [0.1, 0.15) is 24.1 Å². The van der Waals surface area contributed by atoms with Crippen LogP contribution in [0.15, 0.2) is 12.7 Å². The molecule has 170 valence electrons. The first-order valence-electron chi connectivity index (χ1n) is 9.96. The normalized spacial score (nSPS) is 25.9. The summed E-state index contributed by atoms with van der Waals surface area (Å²) in [5.74, 6) is -0.489. The Labute approximate surface area is 178 Å². The highest BCUT2D eigenvalue weighted by Crippen LogP contribution is 2.24. The molecule has 2 aromatic heterocycles. The van der Waals surface area contributed by atoms with Gasteiger partial charge in [0.05, 0.1) is 31.6 Å². The summed E-state index contributed by atoms with van der Waals surface area (Å²) in [7, 11) is 0. The Hall–Kier alpha value is -2.87. The molecule has 2 aromatic rings. The Morgan fingerprint density at radius 3 is 2.81 bits per heavy atom. The number of ether oxygens (including phenoxy) is 2. The molecule has 0 aromatic carbocycles. The lowest BCUT2D eigenvalue weighted by molar-refractivity contribution is -0.172. The van der Waals surface area contributed by atoms with E-state index in [0.717, 1.165) is 0 Å². The predicted octanol–water partition coefficient (Wildman–Crippen LogP) is -1.74. The molecule has 0 aliphatic carbocycles. The molecule has 6 N–H and O–H groups in total. The molecule has 0 bridgehead atoms. The maximum atomic E-state index is 12.2. The number of fused-ring (bicyclic) bond motifs is 1. The average Bonchev–Trinajstić information content (AvgIpc) is 3.23. The van der Waals surface area contributed by atoms with Crippen LogP contribution in [-0.2, 0) is 19.1 Å². The molecule has 0 saturated carbocycles. The van der Waals surface area contributed by atoms with Crippen molar-refractivity contribution >= 4 is 28.8 Å². The summed E-state index contributed by atoms with van der Waals surface area (Å²) < 4.78 is 10.9. The van der Waals surface area contributed by atoms with Gasteiger partial charge in [0.25, 0.3) is 0 Å². The maximum Gasteiger partial charge on any atom is 0.239 e. The number of nitrogens with zero attached hydrogens (tertiary/aromatic N) is 3. The highest BCUT2D eigenvalue weighted by Gasteiger charge is 2.43. The largest absolute Gasteiger partial charge is 0.388 e. The van der Waals surface area contributed by atoms with Gasteiger partial charge in [0.2, 0.25) is 11.8 Å². The second kappa shape index (κ2) is 10.4. The highest BCUT2D eigenvalue weighted by atomic mass is 16.5. The number of rotatable bonds is 9. The van der Waals surface area contributed by atoms with E-state index in [-0.39, 0.29) is 25.5 Å². The maximum absolute atomic E-state index is 12.2. The van der Waals surface area contributed by atoms with E-state index in [4.69, 9.17) is 9.47 Å². The number of nitrogens with one attached hydrogen (secondary N) is 4. The minimum Gasteiger partial charge on any atom is -0.388 e. The number of anilines is 1. The Bertz CT molecular complexity index is 893. The van der Waals surface area contributed by atoms with E-state index in [2.05, 4.69) is 35.9 Å². The van der Waals surface area contributed by atoms with Gasteiger partial charge in [-0.25, -0.2) is 15.0 Å². The summed E-state index contributed by atoms with van der Waals surface area (Å²) >= 11 is 0. The molecule has 0 spiro atoms. The molecule has 5 atom stereocenters. The molecular weight excluding hydrogens is 410 g/mol. The van der Waals surface area contributed by atoms with Crippen LogP contribution in [0.4, 0.5) is 5.82 Å². The zero-order valence-electron chi connectivity index (χ0n) is 17.2. The fraction of sp³-hybridized carbons (Fsp3) is 0.611. The van der Waals surface area contributed by atoms with Crippen molar-refractivity contribution in [1.82, 2.24) is 30.6 Å². The monoisotopic (exact) mass is 437 g/mol. The third-order valence-corrected chi connectivity index (χ3v) is 4.85. The second-order valence-corrected chi connectivity index (χ2v) is 7.03. The minimum absolute atomic E-state index is 0.144. The summed E-state index contributed by atoms with van der Waals surface area (Å²) in [5, 5.41) is 29.1. The highest BCUT2D eigenvalue weighted by molar-refractivity contribution is 5.85. The lowest BCUT2D eigenvalue weighted by atomic mass is 9.96. The minimum atomic E-state index is -1.37. The molecule has 13 nitrogen and oxygen atoms in total. The van der Waals surface area contributed by atoms with Gasteiger partial charge < -0.3 is 40.6 Å². The van der Waals surface area contributed by atoms with Gasteiger partial charge in [0, 0.05) is 13.0 Å². The van der Waals surface area contributed by atoms with Crippen LogP contribution in [0.3, 0.4) is 0 Å². The summed E-state index contributed by atoms with van der Waals surface area (Å²) in [6, 6.07) is -0.876.